The Balaban J connectivity index is 2.25. The third-order valence-corrected chi connectivity index (χ3v) is 2.74. The minimum Gasteiger partial charge on any atom is -0.346 e. The van der Waals surface area contributed by atoms with Gasteiger partial charge in [-0.3, -0.25) is 9.89 Å². The van der Waals surface area contributed by atoms with Gasteiger partial charge in [0.05, 0.1) is 6.04 Å². The number of nitrogens with two attached hydrogens (primary N) is 1. The maximum Gasteiger partial charge on any atom is 0.220 e. The van der Waals surface area contributed by atoms with Gasteiger partial charge in [0.2, 0.25) is 5.91 Å². The van der Waals surface area contributed by atoms with E-state index >= 15 is 0 Å². The molecule has 4 N–H and O–H groups in total. The Morgan fingerprint density at radius 3 is 2.88 bits per heavy atom. The lowest BCUT2D eigenvalue weighted by atomic mass is 10.0. The van der Waals surface area contributed by atoms with Gasteiger partial charge in [0, 0.05) is 6.42 Å². The number of hydrogen-bond acceptors (Lipinski definition) is 4. The third kappa shape index (κ3) is 4.95. The van der Waals surface area contributed by atoms with Gasteiger partial charge in [-0.15, -0.1) is 0 Å². The molecule has 2 atom stereocenters. The fourth-order valence-corrected chi connectivity index (χ4v) is 1.61. The second-order valence-electron chi connectivity index (χ2n) is 4.38. The largest absolute Gasteiger partial charge is 0.346 e. The number of amides is 1. The van der Waals surface area contributed by atoms with E-state index in [2.05, 4.69) is 27.4 Å². The monoisotopic (exact) mass is 239 g/mol. The lowest BCUT2D eigenvalue weighted by molar-refractivity contribution is -0.122. The van der Waals surface area contributed by atoms with E-state index in [1.807, 2.05) is 6.92 Å². The number of carbonyl (C=O) groups is 1. The number of aromatic nitrogens is 3. The Morgan fingerprint density at radius 2 is 2.29 bits per heavy atom. The fraction of sp³-hybridized carbons (Fsp3) is 0.727. The average molecular weight is 239 g/mol. The zero-order valence-electron chi connectivity index (χ0n) is 10.4. The van der Waals surface area contributed by atoms with Crippen molar-refractivity contribution in [3.63, 3.8) is 0 Å². The zero-order chi connectivity index (χ0) is 12.7. The molecule has 2 unspecified atom stereocenters. The molecule has 1 aromatic heterocycles. The van der Waals surface area contributed by atoms with Gasteiger partial charge in [0.15, 0.2) is 0 Å². The minimum atomic E-state index is -0.130. The average Bonchev–Trinajstić information content (AvgIpc) is 2.80. The van der Waals surface area contributed by atoms with Crippen LogP contribution in [-0.2, 0) is 4.79 Å². The number of aromatic amines is 1. The summed E-state index contributed by atoms with van der Waals surface area (Å²) in [5, 5.41) is 9.36. The molecule has 1 rings (SSSR count). The lowest BCUT2D eigenvalue weighted by Crippen LogP contribution is -2.27. The van der Waals surface area contributed by atoms with E-state index in [9.17, 15) is 4.79 Å². The second-order valence-corrected chi connectivity index (χ2v) is 4.38. The summed E-state index contributed by atoms with van der Waals surface area (Å²) in [6.07, 6.45) is 3.79. The Bertz CT molecular complexity index is 325. The van der Waals surface area contributed by atoms with Crippen LogP contribution in [0.2, 0.25) is 0 Å². The van der Waals surface area contributed by atoms with Gasteiger partial charge in [-0.05, 0) is 32.2 Å². The first kappa shape index (κ1) is 13.6. The van der Waals surface area contributed by atoms with E-state index < -0.39 is 0 Å². The Kier molecular flexibility index (Phi) is 5.62. The van der Waals surface area contributed by atoms with Gasteiger partial charge >= 0.3 is 0 Å². The Morgan fingerprint density at radius 1 is 1.53 bits per heavy atom. The molecule has 0 fully saturated rings. The van der Waals surface area contributed by atoms with Crippen molar-refractivity contribution in [2.75, 3.05) is 6.54 Å². The standard InChI is InChI=1S/C11H21N5O/c1-8(5-6-12)3-4-10(17)15-9(2)11-13-7-14-16-11/h7-9H,3-6,12H2,1-2H3,(H,15,17)(H,13,14,16). The quantitative estimate of drug-likeness (QED) is 0.654. The lowest BCUT2D eigenvalue weighted by Gasteiger charge is -2.13. The molecule has 1 amide bonds. The summed E-state index contributed by atoms with van der Waals surface area (Å²) in [4.78, 5) is 15.6. The van der Waals surface area contributed by atoms with Crippen LogP contribution in [0.25, 0.3) is 0 Å². The first-order valence-electron chi connectivity index (χ1n) is 5.98. The van der Waals surface area contributed by atoms with Gasteiger partial charge in [0.25, 0.3) is 0 Å². The molecule has 0 aliphatic heterocycles. The molecular weight excluding hydrogens is 218 g/mol. The van der Waals surface area contributed by atoms with Crippen LogP contribution in [0.1, 0.15) is 45.0 Å². The van der Waals surface area contributed by atoms with E-state index in [1.54, 1.807) is 0 Å². The van der Waals surface area contributed by atoms with Crippen molar-refractivity contribution in [2.24, 2.45) is 11.7 Å². The van der Waals surface area contributed by atoms with Crippen molar-refractivity contribution in [3.8, 4) is 0 Å². The molecule has 0 bridgehead atoms. The van der Waals surface area contributed by atoms with E-state index in [0.29, 0.717) is 24.7 Å². The highest BCUT2D eigenvalue weighted by Gasteiger charge is 2.12. The summed E-state index contributed by atoms with van der Waals surface area (Å²) >= 11 is 0. The van der Waals surface area contributed by atoms with Crippen molar-refractivity contribution >= 4 is 5.91 Å². The van der Waals surface area contributed by atoms with Crippen LogP contribution in [0.4, 0.5) is 0 Å². The number of nitrogens with zero attached hydrogens (tertiary/aromatic N) is 2. The van der Waals surface area contributed by atoms with Crippen LogP contribution in [0, 0.1) is 5.92 Å². The third-order valence-electron chi connectivity index (χ3n) is 2.74. The SMILES string of the molecule is CC(CCN)CCC(=O)NC(C)c1ncn[nH]1. The van der Waals surface area contributed by atoms with Crippen molar-refractivity contribution in [1.29, 1.82) is 0 Å². The summed E-state index contributed by atoms with van der Waals surface area (Å²) in [5.74, 6) is 1.21. The van der Waals surface area contributed by atoms with Crippen LogP contribution in [0.15, 0.2) is 6.33 Å². The Hall–Kier alpha value is -1.43. The van der Waals surface area contributed by atoms with E-state index in [4.69, 9.17) is 5.73 Å². The first-order valence-corrected chi connectivity index (χ1v) is 5.98. The van der Waals surface area contributed by atoms with Crippen molar-refractivity contribution < 1.29 is 4.79 Å². The van der Waals surface area contributed by atoms with Gasteiger partial charge in [-0.25, -0.2) is 4.98 Å². The summed E-state index contributed by atoms with van der Waals surface area (Å²) in [5.41, 5.74) is 5.46. The maximum atomic E-state index is 11.7. The number of carbonyl (C=O) groups excluding carboxylic acids is 1. The summed E-state index contributed by atoms with van der Waals surface area (Å²) < 4.78 is 0. The number of nitrogens with one attached hydrogen (secondary N) is 2. The van der Waals surface area contributed by atoms with Crippen LogP contribution in [0.5, 0.6) is 0 Å². The van der Waals surface area contributed by atoms with Gasteiger partial charge < -0.3 is 11.1 Å². The summed E-state index contributed by atoms with van der Waals surface area (Å²) in [7, 11) is 0. The molecule has 6 nitrogen and oxygen atoms in total. The predicted octanol–water partition coefficient (Wildman–Crippen LogP) is 0.747. The van der Waals surface area contributed by atoms with Crippen LogP contribution in [0.3, 0.4) is 0 Å². The highest BCUT2D eigenvalue weighted by atomic mass is 16.1. The topological polar surface area (TPSA) is 96.7 Å². The molecule has 96 valence electrons. The molecule has 0 radical (unpaired) electrons. The molecule has 0 aromatic carbocycles. The molecular formula is C11H21N5O. The second kappa shape index (κ2) is 7.01. The van der Waals surface area contributed by atoms with Crippen molar-refractivity contribution in [2.45, 2.75) is 39.2 Å². The molecule has 6 heteroatoms. The maximum absolute atomic E-state index is 11.7. The minimum absolute atomic E-state index is 0.0396. The van der Waals surface area contributed by atoms with Crippen LogP contribution in [-0.4, -0.2) is 27.6 Å². The molecule has 17 heavy (non-hydrogen) atoms. The summed E-state index contributed by atoms with van der Waals surface area (Å²) in [6, 6.07) is -0.130. The molecule has 0 spiro atoms. The van der Waals surface area contributed by atoms with E-state index in [1.165, 1.54) is 6.33 Å². The number of rotatable bonds is 7. The molecule has 1 heterocycles. The van der Waals surface area contributed by atoms with E-state index in [0.717, 1.165) is 12.8 Å². The molecule has 0 saturated heterocycles. The van der Waals surface area contributed by atoms with Crippen LogP contribution < -0.4 is 11.1 Å². The molecule has 1 aromatic rings. The smallest absolute Gasteiger partial charge is 0.220 e. The molecule has 0 saturated carbocycles. The molecule has 0 aliphatic carbocycles. The fourth-order valence-electron chi connectivity index (χ4n) is 1.61. The normalized spacial score (nSPS) is 14.3. The zero-order valence-corrected chi connectivity index (χ0v) is 10.4. The van der Waals surface area contributed by atoms with Crippen molar-refractivity contribution in [1.82, 2.24) is 20.5 Å². The highest BCUT2D eigenvalue weighted by Crippen LogP contribution is 2.10. The molecule has 0 aliphatic rings. The predicted molar refractivity (Wildman–Crippen MR) is 65.0 cm³/mol. The number of H-pyrrole nitrogens is 1. The van der Waals surface area contributed by atoms with Crippen molar-refractivity contribution in [3.05, 3.63) is 12.2 Å². The van der Waals surface area contributed by atoms with Gasteiger partial charge in [-0.2, -0.15) is 5.10 Å². The van der Waals surface area contributed by atoms with E-state index in [-0.39, 0.29) is 11.9 Å². The van der Waals surface area contributed by atoms with Gasteiger partial charge in [-0.1, -0.05) is 6.92 Å². The van der Waals surface area contributed by atoms with Crippen LogP contribution >= 0.6 is 0 Å². The summed E-state index contributed by atoms with van der Waals surface area (Å²) in [6.45, 7) is 4.67. The highest BCUT2D eigenvalue weighted by molar-refractivity contribution is 5.76. The Labute approximate surface area is 101 Å². The number of hydrogen-bond donors (Lipinski definition) is 3. The first-order chi connectivity index (χ1) is 8.13. The van der Waals surface area contributed by atoms with Gasteiger partial charge in [0.1, 0.15) is 12.2 Å².